The van der Waals surface area contributed by atoms with Crippen LogP contribution >= 0.6 is 0 Å². The van der Waals surface area contributed by atoms with Gasteiger partial charge in [-0.3, -0.25) is 4.79 Å². The van der Waals surface area contributed by atoms with E-state index in [2.05, 4.69) is 15.3 Å². The van der Waals surface area contributed by atoms with Gasteiger partial charge in [0.05, 0.1) is 25.4 Å². The normalized spacial score (nSPS) is 19.8. The Kier molecular flexibility index (Phi) is 6.46. The zero-order chi connectivity index (χ0) is 21.1. The lowest BCUT2D eigenvalue weighted by molar-refractivity contribution is -0.123. The maximum Gasteiger partial charge on any atom is 0.241 e. The van der Waals surface area contributed by atoms with Crippen molar-refractivity contribution in [2.45, 2.75) is 44.7 Å². The largest absolute Gasteiger partial charge is 0.481 e. The van der Waals surface area contributed by atoms with Crippen LogP contribution in [0.5, 0.6) is 5.88 Å². The molecule has 2 atom stereocenters. The molecule has 7 nitrogen and oxygen atoms in total. The summed E-state index contributed by atoms with van der Waals surface area (Å²) < 4.78 is 33.3. The van der Waals surface area contributed by atoms with E-state index in [-0.39, 0.29) is 23.1 Å². The second-order valence-electron chi connectivity index (χ2n) is 7.70. The molecule has 158 valence electrons. The van der Waals surface area contributed by atoms with E-state index < -0.39 is 29.8 Å². The lowest BCUT2D eigenvalue weighted by Gasteiger charge is -2.23. The molecular formula is C20H27F2N5O2. The van der Waals surface area contributed by atoms with Crippen molar-refractivity contribution >= 4 is 11.9 Å². The van der Waals surface area contributed by atoms with Crippen molar-refractivity contribution in [3.63, 3.8) is 0 Å². The Bertz CT molecular complexity index is 809. The topological polar surface area (TPSA) is 116 Å². The van der Waals surface area contributed by atoms with Gasteiger partial charge in [0.2, 0.25) is 17.8 Å². The second-order valence-corrected chi connectivity index (χ2v) is 7.70. The third kappa shape index (κ3) is 5.09. The number of carbonyl (C=O) groups is 1. The van der Waals surface area contributed by atoms with E-state index >= 15 is 0 Å². The number of pyridine rings is 1. The fraction of sp³-hybridized carbons (Fsp3) is 0.550. The van der Waals surface area contributed by atoms with Crippen molar-refractivity contribution < 1.29 is 18.3 Å². The molecule has 3 rings (SSSR count). The monoisotopic (exact) mass is 407 g/mol. The molecule has 0 spiro atoms. The molecule has 1 heterocycles. The van der Waals surface area contributed by atoms with E-state index in [1.165, 1.54) is 13.2 Å². The number of carbonyl (C=O) groups excluding carboxylic acids is 1. The summed E-state index contributed by atoms with van der Waals surface area (Å²) in [6.07, 6.45) is 6.26. The van der Waals surface area contributed by atoms with E-state index in [1.54, 1.807) is 6.92 Å². The first-order chi connectivity index (χ1) is 13.8. The number of nitrogens with zero attached hydrogens (tertiary/aromatic N) is 2. The first-order valence-corrected chi connectivity index (χ1v) is 9.77. The average Bonchev–Trinajstić information content (AvgIpc) is 3.60. The molecular weight excluding hydrogens is 380 g/mol. The number of nitrogens with one attached hydrogen (secondary N) is 1. The van der Waals surface area contributed by atoms with Gasteiger partial charge in [-0.05, 0) is 56.4 Å². The molecule has 0 aliphatic heterocycles. The number of nitrogens with two attached hydrogens (primary N) is 2. The number of halogens is 2. The van der Waals surface area contributed by atoms with Crippen molar-refractivity contribution in [1.29, 1.82) is 0 Å². The zero-order valence-electron chi connectivity index (χ0n) is 16.6. The number of aromatic nitrogens is 1. The molecule has 1 aromatic heterocycles. The van der Waals surface area contributed by atoms with Crippen LogP contribution in [0, 0.1) is 23.6 Å². The number of hydrogen-bond donors (Lipinski definition) is 3. The number of rotatable bonds is 9. The van der Waals surface area contributed by atoms with Gasteiger partial charge in [0, 0.05) is 11.8 Å². The Morgan fingerprint density at radius 2 is 2.00 bits per heavy atom. The summed E-state index contributed by atoms with van der Waals surface area (Å²) in [5.41, 5.74) is 11.7. The van der Waals surface area contributed by atoms with Crippen LogP contribution in [0.3, 0.4) is 0 Å². The highest BCUT2D eigenvalue weighted by atomic mass is 19.1. The Morgan fingerprint density at radius 1 is 1.38 bits per heavy atom. The fourth-order valence-electron chi connectivity index (χ4n) is 3.71. The summed E-state index contributed by atoms with van der Waals surface area (Å²) in [7, 11) is 1.37. The molecule has 29 heavy (non-hydrogen) atoms. The number of amides is 1. The van der Waals surface area contributed by atoms with Crippen LogP contribution in [0.4, 0.5) is 8.78 Å². The number of aliphatic imine (C=N–C) groups is 1. The summed E-state index contributed by atoms with van der Waals surface area (Å²) in [5, 5.41) is 2.45. The molecule has 9 heteroatoms. The lowest BCUT2D eigenvalue weighted by atomic mass is 9.89. The maximum absolute atomic E-state index is 14.7. The van der Waals surface area contributed by atoms with Crippen molar-refractivity contribution in [3.05, 3.63) is 35.5 Å². The van der Waals surface area contributed by atoms with Crippen LogP contribution in [0.25, 0.3) is 0 Å². The Balaban J connectivity index is 1.70. The van der Waals surface area contributed by atoms with Crippen LogP contribution in [0.15, 0.2) is 29.2 Å². The van der Waals surface area contributed by atoms with Gasteiger partial charge in [-0.15, -0.1) is 0 Å². The van der Waals surface area contributed by atoms with Crippen LogP contribution < -0.4 is 21.5 Å². The molecule has 0 bridgehead atoms. The summed E-state index contributed by atoms with van der Waals surface area (Å²) in [6, 6.07) is -0.370. The highest BCUT2D eigenvalue weighted by Gasteiger charge is 2.46. The minimum Gasteiger partial charge on any atom is -0.481 e. The van der Waals surface area contributed by atoms with Gasteiger partial charge in [0.15, 0.2) is 0 Å². The molecule has 0 aromatic carbocycles. The maximum atomic E-state index is 14.7. The SMILES string of the molecule is COc1ncc(F)cc1[C@H](C)N=C(F)/C(=C\N)NC(=O)C(N)C(C1CC1)C1CC1. The van der Waals surface area contributed by atoms with E-state index in [9.17, 15) is 13.6 Å². The minimum absolute atomic E-state index is 0.121. The molecule has 1 amide bonds. The van der Waals surface area contributed by atoms with Crippen LogP contribution in [0.2, 0.25) is 0 Å². The van der Waals surface area contributed by atoms with E-state index in [1.807, 2.05) is 0 Å². The molecule has 0 radical (unpaired) electrons. The van der Waals surface area contributed by atoms with E-state index in [0.717, 1.165) is 38.1 Å². The second kappa shape index (κ2) is 8.86. The van der Waals surface area contributed by atoms with Gasteiger partial charge in [-0.2, -0.15) is 4.39 Å². The summed E-state index contributed by atoms with van der Waals surface area (Å²) in [6.45, 7) is 1.55. The lowest BCUT2D eigenvalue weighted by Crippen LogP contribution is -2.47. The van der Waals surface area contributed by atoms with Gasteiger partial charge in [-0.25, -0.2) is 14.4 Å². The quantitative estimate of drug-likeness (QED) is 0.544. The number of hydrogen-bond acceptors (Lipinski definition) is 6. The molecule has 2 aliphatic carbocycles. The molecule has 1 unspecified atom stereocenters. The van der Waals surface area contributed by atoms with Crippen LogP contribution in [-0.4, -0.2) is 30.0 Å². The summed E-state index contributed by atoms with van der Waals surface area (Å²) in [5.74, 6) is -0.856. The molecule has 1 aromatic rings. The smallest absolute Gasteiger partial charge is 0.241 e. The Hall–Kier alpha value is -2.55. The van der Waals surface area contributed by atoms with Gasteiger partial charge < -0.3 is 21.5 Å². The van der Waals surface area contributed by atoms with Crippen molar-refractivity contribution in [1.82, 2.24) is 10.3 Å². The highest BCUT2D eigenvalue weighted by molar-refractivity contribution is 5.98. The molecule has 2 fully saturated rings. The number of allylic oxidation sites excluding steroid dienone is 1. The fourth-order valence-corrected chi connectivity index (χ4v) is 3.71. The van der Waals surface area contributed by atoms with E-state index in [4.69, 9.17) is 16.2 Å². The predicted molar refractivity (Wildman–Crippen MR) is 105 cm³/mol. The van der Waals surface area contributed by atoms with Crippen molar-refractivity contribution in [3.8, 4) is 5.88 Å². The van der Waals surface area contributed by atoms with Gasteiger partial charge >= 0.3 is 0 Å². The Morgan fingerprint density at radius 3 is 2.52 bits per heavy atom. The number of ether oxygens (including phenoxy) is 1. The number of methoxy groups -OCH3 is 1. The zero-order valence-corrected chi connectivity index (χ0v) is 16.6. The first-order valence-electron chi connectivity index (χ1n) is 9.77. The molecule has 5 N–H and O–H groups in total. The first kappa shape index (κ1) is 21.2. The van der Waals surface area contributed by atoms with Gasteiger partial charge in [-0.1, -0.05) is 0 Å². The van der Waals surface area contributed by atoms with Crippen molar-refractivity contribution in [2.75, 3.05) is 7.11 Å². The predicted octanol–water partition coefficient (Wildman–Crippen LogP) is 2.34. The third-order valence-corrected chi connectivity index (χ3v) is 5.49. The molecule has 2 aliphatic rings. The van der Waals surface area contributed by atoms with Crippen LogP contribution in [0.1, 0.15) is 44.2 Å². The molecule has 2 saturated carbocycles. The van der Waals surface area contributed by atoms with Crippen LogP contribution in [-0.2, 0) is 4.79 Å². The summed E-state index contributed by atoms with van der Waals surface area (Å²) in [4.78, 5) is 20.3. The standard InChI is InChI=1S/C20H27F2N5O2/c1-10(14-7-13(21)9-25-20(14)29-2)26-18(22)15(8-23)27-19(28)17(24)16(11-3-4-11)12-5-6-12/h7-12,16-17H,3-6,23-24H2,1-2H3,(H,27,28)/b15-8+,26-18?/t10-,17?/m0/s1. The summed E-state index contributed by atoms with van der Waals surface area (Å²) >= 11 is 0. The molecule has 0 saturated heterocycles. The average molecular weight is 407 g/mol. The highest BCUT2D eigenvalue weighted by Crippen LogP contribution is 2.50. The van der Waals surface area contributed by atoms with Gasteiger partial charge in [0.1, 0.15) is 11.5 Å². The van der Waals surface area contributed by atoms with E-state index in [0.29, 0.717) is 11.8 Å². The van der Waals surface area contributed by atoms with Crippen molar-refractivity contribution in [2.24, 2.45) is 34.2 Å². The van der Waals surface area contributed by atoms with Gasteiger partial charge in [0.25, 0.3) is 0 Å². The minimum atomic E-state index is -0.985. The Labute approximate surface area is 168 Å². The third-order valence-electron chi connectivity index (χ3n) is 5.49.